The van der Waals surface area contributed by atoms with Gasteiger partial charge in [-0.15, -0.1) is 0 Å². The van der Waals surface area contributed by atoms with E-state index < -0.39 is 0 Å². The Bertz CT molecular complexity index is 377. The summed E-state index contributed by atoms with van der Waals surface area (Å²) in [6.45, 7) is 6.92. The van der Waals surface area contributed by atoms with Gasteiger partial charge < -0.3 is 5.73 Å². The van der Waals surface area contributed by atoms with Gasteiger partial charge in [-0.25, -0.2) is 9.97 Å². The van der Waals surface area contributed by atoms with E-state index in [4.69, 9.17) is 5.73 Å². The number of nitrogens with two attached hydrogens (primary N) is 1. The third kappa shape index (κ3) is 2.49. The van der Waals surface area contributed by atoms with Crippen molar-refractivity contribution < 1.29 is 0 Å². The first-order valence-electron chi connectivity index (χ1n) is 6.69. The third-order valence-electron chi connectivity index (χ3n) is 4.13. The molecule has 1 aliphatic rings. The molecule has 94 valence electrons. The highest BCUT2D eigenvalue weighted by atomic mass is 14.9. The van der Waals surface area contributed by atoms with Crippen molar-refractivity contribution in [3.63, 3.8) is 0 Å². The number of aryl methyl sites for hydroxylation is 2. The second kappa shape index (κ2) is 5.13. The SMILES string of the molecule is CCC1CCC(c2nc(C)c(CN)c(C)n2)C1. The van der Waals surface area contributed by atoms with Crippen LogP contribution in [-0.2, 0) is 6.54 Å². The van der Waals surface area contributed by atoms with Crippen molar-refractivity contribution in [3.8, 4) is 0 Å². The Labute approximate surface area is 104 Å². The minimum Gasteiger partial charge on any atom is -0.326 e. The third-order valence-corrected chi connectivity index (χ3v) is 4.13. The molecule has 2 unspecified atom stereocenters. The zero-order valence-corrected chi connectivity index (χ0v) is 11.2. The van der Waals surface area contributed by atoms with Crippen molar-refractivity contribution in [3.05, 3.63) is 22.8 Å². The topological polar surface area (TPSA) is 51.8 Å². The summed E-state index contributed by atoms with van der Waals surface area (Å²) in [6.07, 6.45) is 5.13. The fourth-order valence-corrected chi connectivity index (χ4v) is 2.92. The molecule has 0 aromatic carbocycles. The predicted octanol–water partition coefficient (Wildman–Crippen LogP) is 2.85. The number of rotatable bonds is 3. The van der Waals surface area contributed by atoms with E-state index in [1.807, 2.05) is 13.8 Å². The van der Waals surface area contributed by atoms with Gasteiger partial charge in [-0.05, 0) is 39.0 Å². The van der Waals surface area contributed by atoms with Gasteiger partial charge in [0.2, 0.25) is 0 Å². The summed E-state index contributed by atoms with van der Waals surface area (Å²) >= 11 is 0. The van der Waals surface area contributed by atoms with Crippen LogP contribution in [0.25, 0.3) is 0 Å². The quantitative estimate of drug-likeness (QED) is 0.873. The van der Waals surface area contributed by atoms with Crippen molar-refractivity contribution in [1.29, 1.82) is 0 Å². The fraction of sp³-hybridized carbons (Fsp3) is 0.714. The lowest BCUT2D eigenvalue weighted by Gasteiger charge is -2.13. The van der Waals surface area contributed by atoms with Crippen LogP contribution >= 0.6 is 0 Å². The second-order valence-electron chi connectivity index (χ2n) is 5.22. The molecule has 2 N–H and O–H groups in total. The Balaban J connectivity index is 2.23. The molecule has 1 aliphatic carbocycles. The van der Waals surface area contributed by atoms with Crippen LogP contribution in [-0.4, -0.2) is 9.97 Å². The molecule has 0 saturated heterocycles. The molecule has 1 aromatic heterocycles. The Morgan fingerprint density at radius 1 is 1.18 bits per heavy atom. The van der Waals surface area contributed by atoms with Crippen LogP contribution in [0.2, 0.25) is 0 Å². The summed E-state index contributed by atoms with van der Waals surface area (Å²) in [4.78, 5) is 9.33. The average Bonchev–Trinajstić information content (AvgIpc) is 2.77. The molecule has 0 bridgehead atoms. The van der Waals surface area contributed by atoms with Crippen LogP contribution in [0.1, 0.15) is 61.3 Å². The highest BCUT2D eigenvalue weighted by Crippen LogP contribution is 2.38. The summed E-state index contributed by atoms with van der Waals surface area (Å²) in [5.41, 5.74) is 8.96. The monoisotopic (exact) mass is 233 g/mol. The summed E-state index contributed by atoms with van der Waals surface area (Å²) in [7, 11) is 0. The van der Waals surface area contributed by atoms with Crippen molar-refractivity contribution in [2.45, 2.75) is 58.9 Å². The molecule has 1 saturated carbocycles. The maximum Gasteiger partial charge on any atom is 0.131 e. The van der Waals surface area contributed by atoms with Crippen molar-refractivity contribution in [1.82, 2.24) is 9.97 Å². The van der Waals surface area contributed by atoms with Gasteiger partial charge in [-0.1, -0.05) is 13.3 Å². The maximum absolute atomic E-state index is 5.72. The summed E-state index contributed by atoms with van der Waals surface area (Å²) < 4.78 is 0. The van der Waals surface area contributed by atoms with E-state index in [2.05, 4.69) is 16.9 Å². The zero-order valence-electron chi connectivity index (χ0n) is 11.2. The van der Waals surface area contributed by atoms with E-state index in [1.54, 1.807) is 0 Å². The Morgan fingerprint density at radius 3 is 2.29 bits per heavy atom. The molecule has 0 amide bonds. The predicted molar refractivity (Wildman–Crippen MR) is 69.8 cm³/mol. The molecular formula is C14H23N3. The van der Waals surface area contributed by atoms with Crippen LogP contribution < -0.4 is 5.73 Å². The largest absolute Gasteiger partial charge is 0.326 e. The van der Waals surface area contributed by atoms with Gasteiger partial charge in [-0.3, -0.25) is 0 Å². The van der Waals surface area contributed by atoms with E-state index in [0.29, 0.717) is 12.5 Å². The smallest absolute Gasteiger partial charge is 0.131 e. The fourth-order valence-electron chi connectivity index (χ4n) is 2.92. The van der Waals surface area contributed by atoms with Gasteiger partial charge in [0.15, 0.2) is 0 Å². The lowest BCUT2D eigenvalue weighted by Crippen LogP contribution is -2.11. The number of aromatic nitrogens is 2. The van der Waals surface area contributed by atoms with Crippen molar-refractivity contribution in [2.24, 2.45) is 11.7 Å². The summed E-state index contributed by atoms with van der Waals surface area (Å²) in [5.74, 6) is 2.50. The van der Waals surface area contributed by atoms with Gasteiger partial charge in [0, 0.05) is 29.4 Å². The molecule has 1 fully saturated rings. The molecule has 3 heteroatoms. The standard InChI is InChI=1S/C14H23N3/c1-4-11-5-6-12(7-11)14-16-9(2)13(8-15)10(3)17-14/h11-12H,4-8,15H2,1-3H3. The minimum atomic E-state index is 0.542. The molecule has 2 rings (SSSR count). The van der Waals surface area contributed by atoms with Gasteiger partial charge in [0.25, 0.3) is 0 Å². The number of hydrogen-bond acceptors (Lipinski definition) is 3. The molecule has 0 radical (unpaired) electrons. The molecule has 1 heterocycles. The summed E-state index contributed by atoms with van der Waals surface area (Å²) in [5, 5.41) is 0. The van der Waals surface area contributed by atoms with Gasteiger partial charge >= 0.3 is 0 Å². The highest BCUT2D eigenvalue weighted by Gasteiger charge is 2.27. The molecule has 17 heavy (non-hydrogen) atoms. The van der Waals surface area contributed by atoms with E-state index in [9.17, 15) is 0 Å². The number of hydrogen-bond donors (Lipinski definition) is 1. The van der Waals surface area contributed by atoms with Gasteiger partial charge in [-0.2, -0.15) is 0 Å². The highest BCUT2D eigenvalue weighted by molar-refractivity contribution is 5.25. The number of nitrogens with zero attached hydrogens (tertiary/aromatic N) is 2. The Kier molecular flexibility index (Phi) is 3.77. The van der Waals surface area contributed by atoms with Crippen molar-refractivity contribution >= 4 is 0 Å². The van der Waals surface area contributed by atoms with Crippen LogP contribution in [0.3, 0.4) is 0 Å². The summed E-state index contributed by atoms with van der Waals surface area (Å²) in [6, 6.07) is 0. The lowest BCUT2D eigenvalue weighted by atomic mass is 10.0. The second-order valence-corrected chi connectivity index (χ2v) is 5.22. The molecule has 0 spiro atoms. The van der Waals surface area contributed by atoms with Crippen LogP contribution in [0.4, 0.5) is 0 Å². The van der Waals surface area contributed by atoms with Gasteiger partial charge in [0.05, 0.1) is 0 Å². The van der Waals surface area contributed by atoms with E-state index in [-0.39, 0.29) is 0 Å². The van der Waals surface area contributed by atoms with Crippen LogP contribution in [0.15, 0.2) is 0 Å². The first-order valence-corrected chi connectivity index (χ1v) is 6.69. The lowest BCUT2D eigenvalue weighted by molar-refractivity contribution is 0.516. The van der Waals surface area contributed by atoms with E-state index in [0.717, 1.165) is 28.7 Å². The Hall–Kier alpha value is -0.960. The van der Waals surface area contributed by atoms with Gasteiger partial charge in [0.1, 0.15) is 5.82 Å². The molecular weight excluding hydrogens is 210 g/mol. The molecule has 2 atom stereocenters. The van der Waals surface area contributed by atoms with Crippen molar-refractivity contribution in [2.75, 3.05) is 0 Å². The zero-order chi connectivity index (χ0) is 12.4. The van der Waals surface area contributed by atoms with E-state index >= 15 is 0 Å². The maximum atomic E-state index is 5.72. The van der Waals surface area contributed by atoms with E-state index in [1.165, 1.54) is 25.7 Å². The normalized spacial score (nSPS) is 24.2. The first-order chi connectivity index (χ1) is 8.15. The first kappa shape index (κ1) is 12.5. The average molecular weight is 233 g/mol. The van der Waals surface area contributed by atoms with Crippen LogP contribution in [0, 0.1) is 19.8 Å². The molecule has 1 aromatic rings. The minimum absolute atomic E-state index is 0.542. The Morgan fingerprint density at radius 2 is 1.82 bits per heavy atom. The molecule has 0 aliphatic heterocycles. The van der Waals surface area contributed by atoms with Crippen LogP contribution in [0.5, 0.6) is 0 Å². The molecule has 3 nitrogen and oxygen atoms in total.